The van der Waals surface area contributed by atoms with Crippen LogP contribution in [0.2, 0.25) is 0 Å². The number of fused-ring (bicyclic) bond motifs is 2. The van der Waals surface area contributed by atoms with Gasteiger partial charge in [0, 0.05) is 0 Å². The lowest BCUT2D eigenvalue weighted by Crippen LogP contribution is -2.36. The van der Waals surface area contributed by atoms with Crippen LogP contribution >= 0.6 is 15.9 Å². The van der Waals surface area contributed by atoms with Crippen molar-refractivity contribution in [2.45, 2.75) is 49.3 Å². The minimum Gasteiger partial charge on any atom is -0.479 e. The number of aliphatic hydroxyl groups is 3. The monoisotopic (exact) mass is 689 g/mol. The Hall–Kier alpha value is -3.57. The highest BCUT2D eigenvalue weighted by molar-refractivity contribution is 7.47. The van der Waals surface area contributed by atoms with Gasteiger partial charge in [0.15, 0.2) is 47.5 Å². The van der Waals surface area contributed by atoms with Gasteiger partial charge in [0.05, 0.1) is 26.4 Å². The average molecular weight is 689 g/mol. The molecular weight excluding hydrogens is 662 g/mol. The van der Waals surface area contributed by atoms with E-state index in [4.69, 9.17) is 39.5 Å². The predicted octanol–water partition coefficient (Wildman–Crippen LogP) is -2.11. The molecule has 0 bridgehead atoms. The molecule has 0 spiro atoms. The van der Waals surface area contributed by atoms with Gasteiger partial charge < -0.3 is 50.6 Å². The molecule has 10 unspecified atom stereocenters. The number of phosphoric acid groups is 1. The van der Waals surface area contributed by atoms with E-state index in [1.54, 1.807) is 0 Å². The Bertz CT molecular complexity index is 1810. The molecule has 4 aromatic rings. The van der Waals surface area contributed by atoms with E-state index in [-0.39, 0.29) is 40.0 Å². The second-order valence-corrected chi connectivity index (χ2v) is 12.3. The molecular formula is C21H27N10O13P2+. The van der Waals surface area contributed by atoms with Gasteiger partial charge in [-0.25, -0.2) is 24.5 Å². The van der Waals surface area contributed by atoms with Gasteiger partial charge >= 0.3 is 15.9 Å². The summed E-state index contributed by atoms with van der Waals surface area (Å²) < 4.78 is 58.9. The predicted molar refractivity (Wildman–Crippen MR) is 148 cm³/mol. The van der Waals surface area contributed by atoms with Crippen molar-refractivity contribution in [3.8, 4) is 5.88 Å². The summed E-state index contributed by atoms with van der Waals surface area (Å²) >= 11 is 0. The molecule has 2 saturated heterocycles. The molecule has 6 rings (SSSR count). The van der Waals surface area contributed by atoms with E-state index in [9.17, 15) is 34.2 Å². The number of rotatable bonds is 11. The third kappa shape index (κ3) is 5.99. The maximum atomic E-state index is 13.1. The molecule has 9 N–H and O–H groups in total. The summed E-state index contributed by atoms with van der Waals surface area (Å²) in [5, 5.41) is 32.4. The molecule has 46 heavy (non-hydrogen) atoms. The number of aliphatic hydroxyl groups excluding tert-OH is 3. The summed E-state index contributed by atoms with van der Waals surface area (Å²) in [6.45, 7) is -0.793. The van der Waals surface area contributed by atoms with Crippen LogP contribution in [0.25, 0.3) is 22.3 Å². The number of hydrogen-bond acceptors (Lipinski definition) is 19. The summed E-state index contributed by atoms with van der Waals surface area (Å²) in [6.07, 6.45) is -9.63. The van der Waals surface area contributed by atoms with Crippen molar-refractivity contribution in [1.82, 2.24) is 39.0 Å². The van der Waals surface area contributed by atoms with E-state index in [0.717, 1.165) is 6.33 Å². The Morgan fingerprint density at radius 3 is 2.39 bits per heavy atom. The van der Waals surface area contributed by atoms with Crippen molar-refractivity contribution >= 4 is 49.9 Å². The molecule has 4 aromatic heterocycles. The van der Waals surface area contributed by atoms with Gasteiger partial charge in [-0.15, -0.1) is 0 Å². The highest BCUT2D eigenvalue weighted by atomic mass is 31.2. The van der Waals surface area contributed by atoms with Gasteiger partial charge in [0.25, 0.3) is 6.35 Å². The third-order valence-electron chi connectivity index (χ3n) is 7.05. The van der Waals surface area contributed by atoms with Crippen LogP contribution in [0, 0.1) is 0 Å². The lowest BCUT2D eigenvalue weighted by atomic mass is 10.1. The van der Waals surface area contributed by atoms with Gasteiger partial charge in [-0.2, -0.15) is 14.9 Å². The number of hydrogen-bond donors (Lipinski definition) is 7. The summed E-state index contributed by atoms with van der Waals surface area (Å²) in [6, 6.07) is 0. The first-order valence-corrected chi connectivity index (χ1v) is 16.0. The normalized spacial score (nSPS) is 29.8. The molecule has 25 heteroatoms. The standard InChI is InChI=1S/C21H26N10O13P2/c1-39-17-9-16(28-21(23)29-17)31(5-27-9)18-11(33)10(32)7(42-18)2-41-46(37,38)44-13-12(34)19(43-20(13)40-6-45(35)36)30-4-26-8-14(22)24-3-25-15(8)30/h3-5,7,10-13,18-20,32-34H,2,6H2,1H3,(H5-,22,23,24,25,28,29,35,36,37,38)/p+1. The minimum absolute atomic E-state index is 0.0319. The van der Waals surface area contributed by atoms with Gasteiger partial charge in [0.2, 0.25) is 11.8 Å². The number of ether oxygens (including phenoxy) is 4. The highest BCUT2D eigenvalue weighted by Gasteiger charge is 2.52. The van der Waals surface area contributed by atoms with Crippen molar-refractivity contribution in [1.29, 1.82) is 0 Å². The van der Waals surface area contributed by atoms with Crippen molar-refractivity contribution in [2.75, 3.05) is 31.5 Å². The fourth-order valence-electron chi connectivity index (χ4n) is 4.97. The first kappa shape index (κ1) is 32.4. The van der Waals surface area contributed by atoms with Gasteiger partial charge in [0.1, 0.15) is 36.3 Å². The van der Waals surface area contributed by atoms with Gasteiger partial charge in [-0.3, -0.25) is 18.2 Å². The summed E-state index contributed by atoms with van der Waals surface area (Å²) in [7, 11) is -6.62. The van der Waals surface area contributed by atoms with Gasteiger partial charge in [-0.1, -0.05) is 0 Å². The fourth-order valence-corrected chi connectivity index (χ4v) is 6.17. The Labute approximate surface area is 257 Å². The van der Waals surface area contributed by atoms with Crippen LogP contribution in [0.5, 0.6) is 5.88 Å². The molecule has 0 saturated carbocycles. The van der Waals surface area contributed by atoms with Gasteiger partial charge in [-0.05, 0) is 4.57 Å². The van der Waals surface area contributed by atoms with E-state index in [2.05, 4.69) is 29.9 Å². The maximum Gasteiger partial charge on any atom is 0.534 e. The number of nitrogens with zero attached hydrogens (tertiary/aromatic N) is 8. The molecule has 2 aliphatic rings. The zero-order valence-corrected chi connectivity index (χ0v) is 25.2. The Morgan fingerprint density at radius 1 is 0.978 bits per heavy atom. The van der Waals surface area contributed by atoms with Crippen LogP contribution < -0.4 is 16.2 Å². The Kier molecular flexibility index (Phi) is 8.84. The van der Waals surface area contributed by atoms with E-state index in [1.807, 2.05) is 0 Å². The quantitative estimate of drug-likeness (QED) is 0.0828. The first-order chi connectivity index (χ1) is 21.9. The summed E-state index contributed by atoms with van der Waals surface area (Å²) in [5.41, 5.74) is 12.1. The molecule has 2 aliphatic heterocycles. The lowest BCUT2D eigenvalue weighted by Gasteiger charge is -2.23. The summed E-state index contributed by atoms with van der Waals surface area (Å²) in [5.74, 6) is -0.0755. The molecule has 10 atom stereocenters. The van der Waals surface area contributed by atoms with E-state index in [0.29, 0.717) is 0 Å². The van der Waals surface area contributed by atoms with E-state index < -0.39 is 78.1 Å². The average Bonchev–Trinajstić information content (AvgIpc) is 3.76. The van der Waals surface area contributed by atoms with Crippen molar-refractivity contribution in [3.63, 3.8) is 0 Å². The van der Waals surface area contributed by atoms with Crippen LogP contribution in [0.15, 0.2) is 19.0 Å². The minimum atomic E-state index is -5.13. The SMILES string of the molecule is COc1nc(N)nc2c1ncn2C1OC(COP(=O)(O)OC2C(OC[P+](=O)O)OC(n3cnc4c(N)ncnc43)C2O)C(O)C1O. The second-order valence-electron chi connectivity index (χ2n) is 9.91. The molecule has 0 radical (unpaired) electrons. The Balaban J connectivity index is 1.17. The Morgan fingerprint density at radius 2 is 1.67 bits per heavy atom. The summed E-state index contributed by atoms with van der Waals surface area (Å²) in [4.78, 5) is 43.9. The van der Waals surface area contributed by atoms with Crippen molar-refractivity contribution < 1.29 is 62.2 Å². The van der Waals surface area contributed by atoms with Crippen LogP contribution in [0.1, 0.15) is 12.5 Å². The van der Waals surface area contributed by atoms with E-state index in [1.165, 1.54) is 28.9 Å². The van der Waals surface area contributed by atoms with Crippen LogP contribution in [-0.2, 0) is 32.4 Å². The zero-order chi connectivity index (χ0) is 32.9. The number of aromatic nitrogens is 8. The van der Waals surface area contributed by atoms with Crippen LogP contribution in [0.4, 0.5) is 11.8 Å². The zero-order valence-electron chi connectivity index (χ0n) is 23.4. The number of nitrogen functional groups attached to an aromatic ring is 2. The molecule has 248 valence electrons. The smallest absolute Gasteiger partial charge is 0.479 e. The molecule has 6 heterocycles. The van der Waals surface area contributed by atoms with Crippen LogP contribution in [-0.4, -0.2) is 121 Å². The second kappa shape index (κ2) is 12.6. The number of methoxy groups -OCH3 is 1. The largest absolute Gasteiger partial charge is 0.534 e. The number of nitrogens with two attached hydrogens (primary N) is 2. The number of anilines is 2. The molecule has 23 nitrogen and oxygen atoms in total. The van der Waals surface area contributed by atoms with E-state index >= 15 is 0 Å². The number of imidazole rings is 2. The topological polar surface area (TPSA) is 330 Å². The first-order valence-electron chi connectivity index (χ1n) is 13.1. The molecule has 0 aliphatic carbocycles. The highest BCUT2D eigenvalue weighted by Crippen LogP contribution is 2.50. The molecule has 2 fully saturated rings. The maximum absolute atomic E-state index is 13.1. The lowest BCUT2D eigenvalue weighted by molar-refractivity contribution is -0.165. The van der Waals surface area contributed by atoms with Crippen molar-refractivity contribution in [3.05, 3.63) is 19.0 Å². The third-order valence-corrected chi connectivity index (χ3v) is 8.40. The molecule has 0 amide bonds. The fraction of sp³-hybridized carbons (Fsp3) is 0.524. The number of phosphoric ester groups is 1. The van der Waals surface area contributed by atoms with Crippen molar-refractivity contribution in [2.24, 2.45) is 0 Å². The molecule has 0 aromatic carbocycles. The van der Waals surface area contributed by atoms with Crippen LogP contribution in [0.3, 0.4) is 0 Å².